The maximum absolute atomic E-state index is 14.1. The van der Waals surface area contributed by atoms with Crippen molar-refractivity contribution in [2.75, 3.05) is 12.0 Å². The van der Waals surface area contributed by atoms with E-state index < -0.39 is 83.6 Å². The minimum atomic E-state index is -5.10. The number of benzene rings is 2. The van der Waals surface area contributed by atoms with Gasteiger partial charge in [0.1, 0.15) is 17.9 Å². The van der Waals surface area contributed by atoms with Gasteiger partial charge in [-0.1, -0.05) is 25.1 Å². The zero-order valence-electron chi connectivity index (χ0n) is 22.4. The molecule has 1 saturated carbocycles. The molecule has 2 aromatic rings. The van der Waals surface area contributed by atoms with E-state index in [1.165, 1.54) is 6.92 Å². The Morgan fingerprint density at radius 2 is 1.55 bits per heavy atom. The van der Waals surface area contributed by atoms with Gasteiger partial charge in [0.15, 0.2) is 19.7 Å². The summed E-state index contributed by atoms with van der Waals surface area (Å²) in [7, 11) is -8.50. The van der Waals surface area contributed by atoms with Gasteiger partial charge in [-0.05, 0) is 55.2 Å². The van der Waals surface area contributed by atoms with E-state index in [0.717, 1.165) is 54.8 Å². The Hall–Kier alpha value is -3.37. The van der Waals surface area contributed by atoms with Crippen LogP contribution in [0.2, 0.25) is 0 Å². The van der Waals surface area contributed by atoms with Crippen molar-refractivity contribution in [1.29, 1.82) is 0 Å². The molecule has 0 aliphatic heterocycles. The van der Waals surface area contributed by atoms with Crippen LogP contribution in [0.3, 0.4) is 0 Å². The number of sulfone groups is 2. The van der Waals surface area contributed by atoms with Gasteiger partial charge >= 0.3 is 6.18 Å². The molecule has 1 fully saturated rings. The van der Waals surface area contributed by atoms with Crippen LogP contribution in [0.25, 0.3) is 0 Å². The lowest BCUT2D eigenvalue weighted by Crippen LogP contribution is -2.56. The van der Waals surface area contributed by atoms with Crippen LogP contribution in [0.1, 0.15) is 37.8 Å². The van der Waals surface area contributed by atoms with Gasteiger partial charge < -0.3 is 10.6 Å². The van der Waals surface area contributed by atoms with Gasteiger partial charge in [0.2, 0.25) is 11.7 Å². The molecular formula is C26H29F4N3O7S2. The largest absolute Gasteiger partial charge is 0.407 e. The zero-order chi connectivity index (χ0) is 31.5. The topological polar surface area (TPSA) is 156 Å². The third-order valence-corrected chi connectivity index (χ3v) is 9.23. The highest BCUT2D eigenvalue weighted by molar-refractivity contribution is 7.92. The summed E-state index contributed by atoms with van der Waals surface area (Å²) in [6.45, 7) is 1.43. The van der Waals surface area contributed by atoms with Crippen molar-refractivity contribution >= 4 is 37.3 Å². The number of halogens is 4. The second-order valence-corrected chi connectivity index (χ2v) is 13.9. The highest BCUT2D eigenvalue weighted by Crippen LogP contribution is 2.33. The molecule has 16 heteroatoms. The molecule has 1 unspecified atom stereocenters. The average Bonchev–Trinajstić information content (AvgIpc) is 3.72. The van der Waals surface area contributed by atoms with Gasteiger partial charge in [0.25, 0.3) is 5.91 Å². The summed E-state index contributed by atoms with van der Waals surface area (Å²) in [6, 6.07) is 0.685. The van der Waals surface area contributed by atoms with Crippen LogP contribution in [-0.4, -0.2) is 70.7 Å². The summed E-state index contributed by atoms with van der Waals surface area (Å²) in [6.07, 6.45) is -3.09. The maximum Gasteiger partial charge on any atom is 0.407 e. The van der Waals surface area contributed by atoms with Crippen LogP contribution in [0.15, 0.2) is 58.3 Å². The van der Waals surface area contributed by atoms with Crippen molar-refractivity contribution in [1.82, 2.24) is 16.0 Å². The molecule has 0 saturated heterocycles. The van der Waals surface area contributed by atoms with E-state index in [2.05, 4.69) is 10.6 Å². The number of hydrogen-bond donors (Lipinski definition) is 3. The molecule has 0 spiro atoms. The van der Waals surface area contributed by atoms with Crippen LogP contribution in [0.4, 0.5) is 17.6 Å². The number of rotatable bonds is 13. The smallest absolute Gasteiger partial charge is 0.347 e. The van der Waals surface area contributed by atoms with E-state index in [9.17, 15) is 48.8 Å². The van der Waals surface area contributed by atoms with Crippen LogP contribution in [0.5, 0.6) is 0 Å². The SMILES string of the molecule is CC[C@H](NC(=O)C(CS(=O)(=O)c1cccc(S(C)(=O)=O)c1)N[C@@H](c1ccc(F)cc1)C(F)(F)F)C(=O)C(=O)NC1CC1. The van der Waals surface area contributed by atoms with E-state index in [1.807, 2.05) is 5.32 Å². The Morgan fingerprint density at radius 3 is 2.07 bits per heavy atom. The van der Waals surface area contributed by atoms with Crippen molar-refractivity contribution in [3.8, 4) is 0 Å². The molecule has 230 valence electrons. The quantitative estimate of drug-likeness (QED) is 0.223. The first-order chi connectivity index (χ1) is 19.4. The van der Waals surface area contributed by atoms with Crippen LogP contribution < -0.4 is 16.0 Å². The number of carbonyl (C=O) groups is 3. The third-order valence-electron chi connectivity index (χ3n) is 6.37. The maximum atomic E-state index is 14.1. The predicted molar refractivity (Wildman–Crippen MR) is 142 cm³/mol. The number of amides is 2. The molecule has 2 amide bonds. The summed E-state index contributed by atoms with van der Waals surface area (Å²) in [5.41, 5.74) is -0.537. The summed E-state index contributed by atoms with van der Waals surface area (Å²) >= 11 is 0. The molecule has 10 nitrogen and oxygen atoms in total. The Balaban J connectivity index is 1.98. The van der Waals surface area contributed by atoms with E-state index in [0.29, 0.717) is 12.8 Å². The fourth-order valence-electron chi connectivity index (χ4n) is 3.92. The molecule has 0 aromatic heterocycles. The fourth-order valence-corrected chi connectivity index (χ4v) is 6.13. The summed E-state index contributed by atoms with van der Waals surface area (Å²) < 4.78 is 106. The van der Waals surface area contributed by atoms with Crippen molar-refractivity contribution < 1.29 is 48.8 Å². The minimum Gasteiger partial charge on any atom is -0.347 e. The normalized spacial score (nSPS) is 16.2. The van der Waals surface area contributed by atoms with Crippen molar-refractivity contribution in [3.05, 3.63) is 59.9 Å². The van der Waals surface area contributed by atoms with Crippen molar-refractivity contribution in [2.45, 2.75) is 66.3 Å². The monoisotopic (exact) mass is 635 g/mol. The van der Waals surface area contributed by atoms with Gasteiger partial charge in [0, 0.05) is 12.3 Å². The lowest BCUT2D eigenvalue weighted by Gasteiger charge is -2.28. The molecule has 2 aromatic carbocycles. The minimum absolute atomic E-state index is 0.140. The number of Topliss-reactive ketones (excluding diaryl/α,β-unsaturated/α-hetero) is 1. The van der Waals surface area contributed by atoms with E-state index in [-0.39, 0.29) is 17.4 Å². The number of carbonyl (C=O) groups excluding carboxylic acids is 3. The Morgan fingerprint density at radius 1 is 0.952 bits per heavy atom. The number of ketones is 1. The second kappa shape index (κ2) is 12.9. The summed E-state index contributed by atoms with van der Waals surface area (Å²) in [5, 5.41) is 6.59. The molecule has 1 aliphatic rings. The predicted octanol–water partition coefficient (Wildman–Crippen LogP) is 2.01. The zero-order valence-corrected chi connectivity index (χ0v) is 24.1. The van der Waals surface area contributed by atoms with Crippen LogP contribution >= 0.6 is 0 Å². The van der Waals surface area contributed by atoms with Gasteiger partial charge in [-0.2, -0.15) is 13.2 Å². The second-order valence-electron chi connectivity index (χ2n) is 9.86. The molecule has 3 atom stereocenters. The van der Waals surface area contributed by atoms with Gasteiger partial charge in [-0.3, -0.25) is 19.7 Å². The molecular weight excluding hydrogens is 606 g/mol. The van der Waals surface area contributed by atoms with Crippen molar-refractivity contribution in [3.63, 3.8) is 0 Å². The Kier molecular flexibility index (Phi) is 10.2. The van der Waals surface area contributed by atoms with Crippen LogP contribution in [-0.2, 0) is 34.1 Å². The molecule has 0 heterocycles. The van der Waals surface area contributed by atoms with Gasteiger partial charge in [-0.15, -0.1) is 0 Å². The van der Waals surface area contributed by atoms with E-state index in [1.54, 1.807) is 0 Å². The fraction of sp³-hybridized carbons (Fsp3) is 0.423. The summed E-state index contributed by atoms with van der Waals surface area (Å²) in [5.74, 6) is -5.53. The number of alkyl halides is 3. The molecule has 0 bridgehead atoms. The first kappa shape index (κ1) is 33.1. The van der Waals surface area contributed by atoms with Crippen molar-refractivity contribution in [2.24, 2.45) is 0 Å². The first-order valence-electron chi connectivity index (χ1n) is 12.7. The van der Waals surface area contributed by atoms with E-state index >= 15 is 0 Å². The van der Waals surface area contributed by atoms with Crippen LogP contribution in [0, 0.1) is 5.82 Å². The van der Waals surface area contributed by atoms with Gasteiger partial charge in [0.05, 0.1) is 21.6 Å². The van der Waals surface area contributed by atoms with E-state index in [4.69, 9.17) is 0 Å². The lowest BCUT2D eigenvalue weighted by molar-refractivity contribution is -0.160. The molecule has 42 heavy (non-hydrogen) atoms. The molecule has 0 radical (unpaired) electrons. The highest BCUT2D eigenvalue weighted by atomic mass is 32.2. The standard InChI is InChI=1S/C26H29F4N3O7S2/c1-3-20(22(34)25(36)31-17-11-12-17)33-24(35)21(32-23(26(28,29)30)15-7-9-16(27)10-8-15)14-42(39,40)19-6-4-5-18(13-19)41(2,37)38/h4-10,13,17,20-21,23,32H,3,11-12,14H2,1-2H3,(H,31,36)(H,33,35)/t20-,21?,23-/m0/s1. The number of hydrogen-bond acceptors (Lipinski definition) is 8. The van der Waals surface area contributed by atoms with Gasteiger partial charge in [-0.25, -0.2) is 21.2 Å². The Labute approximate surface area is 240 Å². The highest BCUT2D eigenvalue weighted by Gasteiger charge is 2.44. The molecule has 1 aliphatic carbocycles. The third kappa shape index (κ3) is 8.82. The first-order valence-corrected chi connectivity index (χ1v) is 16.2. The number of nitrogens with one attached hydrogen (secondary N) is 3. The Bertz CT molecular complexity index is 1540. The molecule has 3 rings (SSSR count). The average molecular weight is 636 g/mol. The molecule has 3 N–H and O–H groups in total. The lowest BCUT2D eigenvalue weighted by atomic mass is 10.0. The summed E-state index contributed by atoms with van der Waals surface area (Å²) in [4.78, 5) is 37.2.